The maximum Gasteiger partial charge on any atom is 0.0954 e. The molecule has 1 aromatic rings. The average molecular weight is 418 g/mol. The molecule has 7 nitrogen and oxygen atoms in total. The molecule has 4 N–H and O–H groups in total. The maximum absolute atomic E-state index is 8.96. The van der Waals surface area contributed by atoms with Gasteiger partial charge in [0.1, 0.15) is 0 Å². The molecule has 0 bridgehead atoms. The molecule has 0 spiro atoms. The number of hydrogen-bond acceptors (Lipinski definition) is 7. The number of dihydropyridines is 1. The molecule has 30 heavy (non-hydrogen) atoms. The first-order valence-electron chi connectivity index (χ1n) is 10.3. The van der Waals surface area contributed by atoms with Crippen LogP contribution in [0.25, 0.3) is 5.70 Å². The minimum absolute atomic E-state index is 0.101. The van der Waals surface area contributed by atoms with Crippen LogP contribution in [0.3, 0.4) is 0 Å². The fourth-order valence-electron chi connectivity index (χ4n) is 2.78. The van der Waals surface area contributed by atoms with Crippen molar-refractivity contribution < 1.29 is 9.84 Å². The smallest absolute Gasteiger partial charge is 0.0954 e. The molecule has 0 saturated carbocycles. The molecule has 0 aromatic heterocycles. The lowest BCUT2D eigenvalue weighted by Crippen LogP contribution is -2.31. The van der Waals surface area contributed by atoms with Gasteiger partial charge in [-0.1, -0.05) is 48.6 Å². The Labute approximate surface area is 182 Å². The zero-order valence-electron chi connectivity index (χ0n) is 18.9. The van der Waals surface area contributed by atoms with E-state index in [9.17, 15) is 0 Å². The molecule has 1 heterocycles. The number of ether oxygens (including phenoxy) is 1. The standard InChI is InChI=1S/C16H28N4O.C7H11NO/c1-18(12-13-19(2)14-21)11-7-10-16(20(3)17)15-8-5-4-6-9-15;1-9-6-7-4-2-3-5-8-7/h4-6,8-10,21H,7,11-14,17H2,1-3H3;2-4,8H,5-6H2,1H3/b16-10-;. The number of hydrazine groups is 1. The van der Waals surface area contributed by atoms with Gasteiger partial charge in [-0.15, -0.1) is 0 Å². The molecule has 7 heteroatoms. The summed E-state index contributed by atoms with van der Waals surface area (Å²) in [4.78, 5) is 4.14. The predicted octanol–water partition coefficient (Wildman–Crippen LogP) is 1.71. The number of nitrogens with one attached hydrogen (secondary N) is 1. The fraction of sp³-hybridized carbons (Fsp3) is 0.478. The first kappa shape index (κ1) is 25.9. The number of rotatable bonds is 11. The number of nitrogens with zero attached hydrogens (tertiary/aromatic N) is 3. The average Bonchev–Trinajstić information content (AvgIpc) is 2.76. The van der Waals surface area contributed by atoms with Crippen molar-refractivity contribution in [3.63, 3.8) is 0 Å². The second-order valence-electron chi connectivity index (χ2n) is 7.31. The Kier molecular flexibility index (Phi) is 13.5. The summed E-state index contributed by atoms with van der Waals surface area (Å²) in [6.07, 6.45) is 9.23. The van der Waals surface area contributed by atoms with Crippen LogP contribution in [0.4, 0.5) is 0 Å². The lowest BCUT2D eigenvalue weighted by atomic mass is 10.1. The molecule has 0 fully saturated rings. The Bertz CT molecular complexity index is 659. The normalized spacial score (nSPS) is 13.6. The third kappa shape index (κ3) is 11.1. The molecule has 2 rings (SSSR count). The SMILES string of the molecule is CN(CO)CCN(C)CC/C=C(/c1ccccc1)N(C)N.COCC1=CC=CCN1. The van der Waals surface area contributed by atoms with Gasteiger partial charge in [-0.2, -0.15) is 0 Å². The van der Waals surface area contributed by atoms with Crippen molar-refractivity contribution in [3.05, 3.63) is 65.9 Å². The fourth-order valence-corrected chi connectivity index (χ4v) is 2.78. The molecule has 168 valence electrons. The second-order valence-corrected chi connectivity index (χ2v) is 7.31. The van der Waals surface area contributed by atoms with Gasteiger partial charge in [0.2, 0.25) is 0 Å². The number of benzene rings is 1. The Balaban J connectivity index is 0.000000414. The number of likely N-dealkylation sites (N-methyl/N-ethyl adjacent to an activating group) is 2. The summed E-state index contributed by atoms with van der Waals surface area (Å²) in [7, 11) is 7.55. The minimum Gasteiger partial charge on any atom is -0.383 e. The van der Waals surface area contributed by atoms with Gasteiger partial charge >= 0.3 is 0 Å². The highest BCUT2D eigenvalue weighted by Gasteiger charge is 2.04. The first-order valence-corrected chi connectivity index (χ1v) is 10.3. The van der Waals surface area contributed by atoms with Crippen LogP contribution in [0.15, 0.2) is 60.3 Å². The van der Waals surface area contributed by atoms with Crippen LogP contribution in [0.2, 0.25) is 0 Å². The van der Waals surface area contributed by atoms with Crippen LogP contribution in [-0.4, -0.2) is 87.7 Å². The summed E-state index contributed by atoms with van der Waals surface area (Å²) in [6, 6.07) is 10.2. The Hall–Kier alpha value is -2.16. The Morgan fingerprint density at radius 1 is 1.13 bits per heavy atom. The number of hydrogen-bond donors (Lipinski definition) is 3. The second kappa shape index (κ2) is 15.6. The lowest BCUT2D eigenvalue weighted by molar-refractivity contribution is 0.122. The van der Waals surface area contributed by atoms with E-state index in [0.717, 1.165) is 49.6 Å². The van der Waals surface area contributed by atoms with Crippen molar-refractivity contribution in [1.82, 2.24) is 20.1 Å². The molecule has 0 radical (unpaired) electrons. The van der Waals surface area contributed by atoms with E-state index in [0.29, 0.717) is 6.61 Å². The van der Waals surface area contributed by atoms with Gasteiger partial charge in [-0.25, -0.2) is 5.84 Å². The molecule has 1 aliphatic rings. The van der Waals surface area contributed by atoms with E-state index in [1.807, 2.05) is 49.3 Å². The van der Waals surface area contributed by atoms with Gasteiger partial charge in [0.15, 0.2) is 0 Å². The molecule has 1 aromatic carbocycles. The van der Waals surface area contributed by atoms with E-state index < -0.39 is 0 Å². The Morgan fingerprint density at radius 2 is 1.83 bits per heavy atom. The van der Waals surface area contributed by atoms with Gasteiger partial charge < -0.3 is 25.1 Å². The van der Waals surface area contributed by atoms with Crippen molar-refractivity contribution in [2.45, 2.75) is 6.42 Å². The summed E-state index contributed by atoms with van der Waals surface area (Å²) in [5.74, 6) is 5.92. The molecule has 1 aliphatic heterocycles. The van der Waals surface area contributed by atoms with Gasteiger partial charge in [0, 0.05) is 46.0 Å². The van der Waals surface area contributed by atoms with E-state index in [-0.39, 0.29) is 6.73 Å². The van der Waals surface area contributed by atoms with Crippen LogP contribution < -0.4 is 11.2 Å². The van der Waals surface area contributed by atoms with Crippen molar-refractivity contribution in [2.75, 3.05) is 67.8 Å². The molecule has 0 aliphatic carbocycles. The van der Waals surface area contributed by atoms with Crippen LogP contribution in [0.5, 0.6) is 0 Å². The number of allylic oxidation sites excluding steroid dienone is 2. The number of methoxy groups -OCH3 is 1. The molecule has 0 saturated heterocycles. The van der Waals surface area contributed by atoms with E-state index >= 15 is 0 Å². The molecular formula is C23H39N5O2. The topological polar surface area (TPSA) is 77.2 Å². The van der Waals surface area contributed by atoms with E-state index in [1.54, 1.807) is 12.1 Å². The number of nitrogens with two attached hydrogens (primary N) is 1. The van der Waals surface area contributed by atoms with Gasteiger partial charge in [0.25, 0.3) is 0 Å². The summed E-state index contributed by atoms with van der Waals surface area (Å²) >= 11 is 0. The van der Waals surface area contributed by atoms with E-state index in [4.69, 9.17) is 15.7 Å². The van der Waals surface area contributed by atoms with Gasteiger partial charge in [-0.3, -0.25) is 4.90 Å². The molecular weight excluding hydrogens is 378 g/mol. The van der Waals surface area contributed by atoms with E-state index in [2.05, 4.69) is 41.5 Å². The zero-order valence-corrected chi connectivity index (χ0v) is 18.9. The number of aliphatic hydroxyl groups excluding tert-OH is 1. The van der Waals surface area contributed by atoms with Crippen molar-refractivity contribution in [2.24, 2.45) is 5.84 Å². The van der Waals surface area contributed by atoms with Crippen LogP contribution >= 0.6 is 0 Å². The van der Waals surface area contributed by atoms with Crippen LogP contribution in [0.1, 0.15) is 12.0 Å². The quantitative estimate of drug-likeness (QED) is 0.287. The van der Waals surface area contributed by atoms with Crippen LogP contribution in [0, 0.1) is 0 Å². The largest absolute Gasteiger partial charge is 0.383 e. The summed E-state index contributed by atoms with van der Waals surface area (Å²) in [6.45, 7) is 4.47. The monoisotopic (exact) mass is 417 g/mol. The molecule has 0 unspecified atom stereocenters. The minimum atomic E-state index is 0.101. The van der Waals surface area contributed by atoms with Gasteiger partial charge in [0.05, 0.1) is 19.0 Å². The third-order valence-electron chi connectivity index (χ3n) is 4.58. The molecule has 0 atom stereocenters. The lowest BCUT2D eigenvalue weighted by Gasteiger charge is -2.21. The highest BCUT2D eigenvalue weighted by Crippen LogP contribution is 2.15. The van der Waals surface area contributed by atoms with Crippen molar-refractivity contribution >= 4 is 5.70 Å². The summed E-state index contributed by atoms with van der Waals surface area (Å²) in [5.41, 5.74) is 3.32. The number of aliphatic hydroxyl groups is 1. The predicted molar refractivity (Wildman–Crippen MR) is 125 cm³/mol. The Morgan fingerprint density at radius 3 is 2.40 bits per heavy atom. The van der Waals surface area contributed by atoms with Crippen molar-refractivity contribution in [3.8, 4) is 0 Å². The summed E-state index contributed by atoms with van der Waals surface area (Å²) < 4.78 is 4.92. The maximum atomic E-state index is 8.96. The molecule has 0 amide bonds. The highest BCUT2D eigenvalue weighted by atomic mass is 16.5. The van der Waals surface area contributed by atoms with Crippen molar-refractivity contribution in [1.29, 1.82) is 0 Å². The zero-order chi connectivity index (χ0) is 22.2. The van der Waals surface area contributed by atoms with Crippen LogP contribution in [-0.2, 0) is 4.74 Å². The third-order valence-corrected chi connectivity index (χ3v) is 4.58. The van der Waals surface area contributed by atoms with Gasteiger partial charge in [-0.05, 0) is 32.2 Å². The van der Waals surface area contributed by atoms with E-state index in [1.165, 1.54) is 0 Å². The first-order chi connectivity index (χ1) is 14.5. The summed E-state index contributed by atoms with van der Waals surface area (Å²) in [5, 5.41) is 13.8. The highest BCUT2D eigenvalue weighted by molar-refractivity contribution is 5.63.